The van der Waals surface area contributed by atoms with Crippen LogP contribution in [0.15, 0.2) is 54.6 Å². The molecule has 8 nitrogen and oxygen atoms in total. The Morgan fingerprint density at radius 3 is 2.50 bits per heavy atom. The number of hydrogen-bond acceptors (Lipinski definition) is 5. The lowest BCUT2D eigenvalue weighted by Crippen LogP contribution is -2.49. The van der Waals surface area contributed by atoms with Crippen molar-refractivity contribution >= 4 is 22.8 Å². The predicted molar refractivity (Wildman–Crippen MR) is 107 cm³/mol. The molecule has 0 radical (unpaired) electrons. The molecule has 2 amide bonds. The Bertz CT molecular complexity index is 1110. The van der Waals surface area contributed by atoms with Crippen LogP contribution in [0.2, 0.25) is 0 Å². The van der Waals surface area contributed by atoms with Crippen molar-refractivity contribution in [3.63, 3.8) is 0 Å². The molecule has 1 spiro atoms. The molecular formula is C22H21N5O3. The molecule has 3 aliphatic rings. The average Bonchev–Trinajstić information content (AvgIpc) is 3.48. The first-order chi connectivity index (χ1) is 14.6. The van der Waals surface area contributed by atoms with Gasteiger partial charge in [-0.2, -0.15) is 15.0 Å². The highest BCUT2D eigenvalue weighted by molar-refractivity contribution is 5.85. The molecule has 0 aliphatic carbocycles. The Labute approximate surface area is 173 Å². The molecular weight excluding hydrogens is 382 g/mol. The smallest absolute Gasteiger partial charge is 0.246 e. The summed E-state index contributed by atoms with van der Waals surface area (Å²) in [6.07, 6.45) is 0.778. The molecule has 2 aromatic carbocycles. The zero-order chi connectivity index (χ0) is 20.3. The van der Waals surface area contributed by atoms with Crippen LogP contribution >= 0.6 is 0 Å². The number of fused-ring (bicyclic) bond motifs is 1. The molecule has 0 saturated carbocycles. The van der Waals surface area contributed by atoms with Crippen LogP contribution in [0.1, 0.15) is 24.5 Å². The Kier molecular flexibility index (Phi) is 3.73. The number of aromatic nitrogens is 3. The standard InChI is InChI=1S/C22H21N5O3/c28-20-12-19-22(26(20)13-18(30-22)15-6-2-1-3-7-15)10-11-25(19)21(29)14-27-23-16-8-4-5-9-17(16)24-27/h1-9,18-19H,10-14H2/t18-,19-,22+/m1/s1. The van der Waals surface area contributed by atoms with E-state index in [-0.39, 0.29) is 30.5 Å². The summed E-state index contributed by atoms with van der Waals surface area (Å²) in [5.74, 6) is -0.0301. The first kappa shape index (κ1) is 17.6. The van der Waals surface area contributed by atoms with E-state index >= 15 is 0 Å². The van der Waals surface area contributed by atoms with Crippen molar-refractivity contribution in [2.45, 2.75) is 37.3 Å². The van der Waals surface area contributed by atoms with Gasteiger partial charge < -0.3 is 14.5 Å². The van der Waals surface area contributed by atoms with Gasteiger partial charge in [0.15, 0.2) is 5.72 Å². The van der Waals surface area contributed by atoms with Gasteiger partial charge in [-0.3, -0.25) is 9.59 Å². The summed E-state index contributed by atoms with van der Waals surface area (Å²) >= 11 is 0. The Hall–Kier alpha value is -3.26. The summed E-state index contributed by atoms with van der Waals surface area (Å²) in [5, 5.41) is 8.78. The number of likely N-dealkylation sites (tertiary alicyclic amines) is 1. The minimum absolute atomic E-state index is 0.0531. The molecule has 4 heterocycles. The van der Waals surface area contributed by atoms with Crippen molar-refractivity contribution in [3.8, 4) is 0 Å². The van der Waals surface area contributed by atoms with Gasteiger partial charge in [-0.05, 0) is 17.7 Å². The lowest BCUT2D eigenvalue weighted by Gasteiger charge is -2.31. The van der Waals surface area contributed by atoms with Gasteiger partial charge in [-0.15, -0.1) is 0 Å². The second kappa shape index (κ2) is 6.37. The Balaban J connectivity index is 1.24. The lowest BCUT2D eigenvalue weighted by atomic mass is 10.1. The van der Waals surface area contributed by atoms with Crippen LogP contribution < -0.4 is 0 Å². The number of rotatable bonds is 3. The van der Waals surface area contributed by atoms with E-state index < -0.39 is 5.72 Å². The van der Waals surface area contributed by atoms with Crippen LogP contribution in [0, 0.1) is 0 Å². The fourth-order valence-electron chi connectivity index (χ4n) is 5.15. The maximum atomic E-state index is 13.1. The number of nitrogens with zero attached hydrogens (tertiary/aromatic N) is 5. The zero-order valence-electron chi connectivity index (χ0n) is 16.3. The van der Waals surface area contributed by atoms with Crippen molar-refractivity contribution in [1.82, 2.24) is 24.8 Å². The highest BCUT2D eigenvalue weighted by Crippen LogP contribution is 2.50. The molecule has 6 rings (SSSR count). The molecule has 3 saturated heterocycles. The molecule has 152 valence electrons. The van der Waals surface area contributed by atoms with Gasteiger partial charge in [0.2, 0.25) is 11.8 Å². The third kappa shape index (κ3) is 2.50. The lowest BCUT2D eigenvalue weighted by molar-refractivity contribution is -0.143. The fourth-order valence-corrected chi connectivity index (χ4v) is 5.15. The van der Waals surface area contributed by atoms with Crippen molar-refractivity contribution < 1.29 is 14.3 Å². The number of ether oxygens (including phenoxy) is 1. The van der Waals surface area contributed by atoms with Gasteiger partial charge in [-0.1, -0.05) is 42.5 Å². The van der Waals surface area contributed by atoms with E-state index in [1.165, 1.54) is 4.80 Å². The number of carbonyl (C=O) groups excluding carboxylic acids is 2. The summed E-state index contributed by atoms with van der Waals surface area (Å²) in [6.45, 7) is 1.15. The summed E-state index contributed by atoms with van der Waals surface area (Å²) in [6, 6.07) is 17.2. The second-order valence-corrected chi connectivity index (χ2v) is 8.14. The highest BCUT2D eigenvalue weighted by Gasteiger charge is 2.64. The fraction of sp³-hybridized carbons (Fsp3) is 0.364. The van der Waals surface area contributed by atoms with Crippen molar-refractivity contribution in [3.05, 3.63) is 60.2 Å². The predicted octanol–water partition coefficient (Wildman–Crippen LogP) is 1.73. The maximum Gasteiger partial charge on any atom is 0.246 e. The summed E-state index contributed by atoms with van der Waals surface area (Å²) in [7, 11) is 0. The van der Waals surface area contributed by atoms with Crippen LogP contribution in [0.25, 0.3) is 11.0 Å². The maximum absolute atomic E-state index is 13.1. The van der Waals surface area contributed by atoms with Gasteiger partial charge in [0.05, 0.1) is 19.0 Å². The zero-order valence-corrected chi connectivity index (χ0v) is 16.3. The normalized spacial score (nSPS) is 27.7. The van der Waals surface area contributed by atoms with E-state index in [2.05, 4.69) is 10.2 Å². The molecule has 3 atom stereocenters. The topological polar surface area (TPSA) is 80.6 Å². The number of carbonyl (C=O) groups is 2. The van der Waals surface area contributed by atoms with E-state index in [0.717, 1.165) is 16.6 Å². The van der Waals surface area contributed by atoms with Gasteiger partial charge in [0.1, 0.15) is 23.7 Å². The molecule has 0 unspecified atom stereocenters. The van der Waals surface area contributed by atoms with Gasteiger partial charge in [0, 0.05) is 13.0 Å². The van der Waals surface area contributed by atoms with Crippen LogP contribution in [0.5, 0.6) is 0 Å². The molecule has 8 heteroatoms. The van der Waals surface area contributed by atoms with E-state index in [1.54, 1.807) is 4.90 Å². The molecule has 0 N–H and O–H groups in total. The summed E-state index contributed by atoms with van der Waals surface area (Å²) < 4.78 is 6.51. The van der Waals surface area contributed by atoms with E-state index in [9.17, 15) is 9.59 Å². The van der Waals surface area contributed by atoms with Gasteiger partial charge in [0.25, 0.3) is 0 Å². The first-order valence-corrected chi connectivity index (χ1v) is 10.3. The van der Waals surface area contributed by atoms with Crippen molar-refractivity contribution in [1.29, 1.82) is 0 Å². The summed E-state index contributed by atoms with van der Waals surface area (Å²) in [5.41, 5.74) is 1.87. The molecule has 1 aromatic heterocycles. The minimum atomic E-state index is -0.713. The van der Waals surface area contributed by atoms with E-state index in [0.29, 0.717) is 25.9 Å². The molecule has 3 aliphatic heterocycles. The third-order valence-corrected chi connectivity index (χ3v) is 6.52. The van der Waals surface area contributed by atoms with E-state index in [1.807, 2.05) is 59.5 Å². The molecule has 30 heavy (non-hydrogen) atoms. The molecule has 3 fully saturated rings. The minimum Gasteiger partial charge on any atom is -0.343 e. The van der Waals surface area contributed by atoms with Crippen LogP contribution in [-0.4, -0.2) is 61.5 Å². The Morgan fingerprint density at radius 1 is 1.07 bits per heavy atom. The van der Waals surface area contributed by atoms with Crippen LogP contribution in [0.3, 0.4) is 0 Å². The molecule has 3 aromatic rings. The first-order valence-electron chi connectivity index (χ1n) is 10.3. The van der Waals surface area contributed by atoms with Gasteiger partial charge >= 0.3 is 0 Å². The number of amides is 2. The van der Waals surface area contributed by atoms with Crippen molar-refractivity contribution in [2.24, 2.45) is 0 Å². The van der Waals surface area contributed by atoms with E-state index in [4.69, 9.17) is 4.74 Å². The quantitative estimate of drug-likeness (QED) is 0.665. The second-order valence-electron chi connectivity index (χ2n) is 8.14. The largest absolute Gasteiger partial charge is 0.343 e. The average molecular weight is 403 g/mol. The number of hydrogen-bond donors (Lipinski definition) is 0. The molecule has 0 bridgehead atoms. The number of benzene rings is 2. The Morgan fingerprint density at radius 2 is 1.77 bits per heavy atom. The summed E-state index contributed by atoms with van der Waals surface area (Å²) in [4.78, 5) is 31.0. The highest BCUT2D eigenvalue weighted by atomic mass is 16.5. The third-order valence-electron chi connectivity index (χ3n) is 6.52. The van der Waals surface area contributed by atoms with Gasteiger partial charge in [-0.25, -0.2) is 0 Å². The SMILES string of the molecule is O=C(Cn1nc2ccccc2n1)N1CC[C@@]23O[C@@H](c4ccccc4)CN2C(=O)C[C@@H]13. The van der Waals surface area contributed by atoms with Crippen LogP contribution in [-0.2, 0) is 20.9 Å². The monoisotopic (exact) mass is 403 g/mol. The van der Waals surface area contributed by atoms with Crippen molar-refractivity contribution in [2.75, 3.05) is 13.1 Å². The van der Waals surface area contributed by atoms with Crippen LogP contribution in [0.4, 0.5) is 0 Å².